The molecular formula is C29H25N. The van der Waals surface area contributed by atoms with Gasteiger partial charge in [-0.05, 0) is 70.0 Å². The summed E-state index contributed by atoms with van der Waals surface area (Å²) in [4.78, 5) is 0. The van der Waals surface area contributed by atoms with Crippen LogP contribution in [-0.2, 0) is 11.8 Å². The third-order valence-corrected chi connectivity index (χ3v) is 6.59. The van der Waals surface area contributed by atoms with Gasteiger partial charge in [-0.1, -0.05) is 75.4 Å². The van der Waals surface area contributed by atoms with Crippen LogP contribution in [0, 0.1) is 0 Å². The number of rotatable bonds is 1. The van der Waals surface area contributed by atoms with Gasteiger partial charge in [0.1, 0.15) is 0 Å². The number of hydrogen-bond acceptors (Lipinski definition) is 0. The summed E-state index contributed by atoms with van der Waals surface area (Å²) in [6, 6.07) is 31.3. The highest BCUT2D eigenvalue weighted by Crippen LogP contribution is 2.45. The molecule has 0 saturated heterocycles. The highest BCUT2D eigenvalue weighted by Gasteiger charge is 2.25. The summed E-state index contributed by atoms with van der Waals surface area (Å²) in [5.41, 5.74) is 11.0. The van der Waals surface area contributed by atoms with Crippen molar-refractivity contribution in [1.29, 1.82) is 0 Å². The molecule has 30 heavy (non-hydrogen) atoms. The van der Waals surface area contributed by atoms with Gasteiger partial charge >= 0.3 is 0 Å². The quantitative estimate of drug-likeness (QED) is 0.273. The van der Waals surface area contributed by atoms with Crippen molar-refractivity contribution in [2.75, 3.05) is 0 Å². The first-order chi connectivity index (χ1) is 14.5. The molecule has 1 aliphatic rings. The maximum absolute atomic E-state index is 2.43. The van der Waals surface area contributed by atoms with E-state index in [4.69, 9.17) is 0 Å². The largest absolute Gasteiger partial charge is 0.309 e. The molecule has 0 fully saturated rings. The van der Waals surface area contributed by atoms with Crippen molar-refractivity contribution in [2.24, 2.45) is 0 Å². The van der Waals surface area contributed by atoms with Crippen LogP contribution in [0.4, 0.5) is 0 Å². The van der Waals surface area contributed by atoms with Crippen molar-refractivity contribution < 1.29 is 0 Å². The molecule has 0 unspecified atom stereocenters. The molecule has 1 heteroatoms. The Labute approximate surface area is 177 Å². The number of hydrogen-bond donors (Lipinski definition) is 0. The maximum Gasteiger partial charge on any atom is 0.0544 e. The minimum absolute atomic E-state index is 0.121. The smallest absolute Gasteiger partial charge is 0.0544 e. The van der Waals surface area contributed by atoms with Gasteiger partial charge in [0.05, 0.1) is 11.0 Å². The minimum Gasteiger partial charge on any atom is -0.309 e. The topological polar surface area (TPSA) is 4.93 Å². The van der Waals surface area contributed by atoms with Crippen molar-refractivity contribution in [1.82, 2.24) is 4.57 Å². The molecule has 0 N–H and O–H groups in total. The summed E-state index contributed by atoms with van der Waals surface area (Å²) in [7, 11) is 0. The highest BCUT2D eigenvalue weighted by atomic mass is 15.0. The van der Waals surface area contributed by atoms with Gasteiger partial charge in [-0.25, -0.2) is 0 Å². The van der Waals surface area contributed by atoms with E-state index < -0.39 is 0 Å². The van der Waals surface area contributed by atoms with E-state index in [0.29, 0.717) is 0 Å². The second-order valence-electron chi connectivity index (χ2n) is 9.47. The summed E-state index contributed by atoms with van der Waals surface area (Å²) in [5.74, 6) is 0. The van der Waals surface area contributed by atoms with Gasteiger partial charge in [0.15, 0.2) is 0 Å². The first-order valence-electron chi connectivity index (χ1n) is 10.8. The average molecular weight is 388 g/mol. The first-order valence-corrected chi connectivity index (χ1v) is 10.8. The predicted octanol–water partition coefficient (Wildman–Crippen LogP) is 7.65. The van der Waals surface area contributed by atoms with Crippen LogP contribution in [-0.4, -0.2) is 4.57 Å². The first kappa shape index (κ1) is 17.5. The molecule has 0 aliphatic heterocycles. The second-order valence-corrected chi connectivity index (χ2v) is 9.47. The zero-order valence-electron chi connectivity index (χ0n) is 17.7. The Morgan fingerprint density at radius 2 is 1.43 bits per heavy atom. The van der Waals surface area contributed by atoms with E-state index in [1.165, 1.54) is 55.3 Å². The molecule has 0 atom stereocenters. The van der Waals surface area contributed by atoms with Gasteiger partial charge in [-0.2, -0.15) is 0 Å². The normalized spacial score (nSPS) is 13.0. The molecule has 6 rings (SSSR count). The van der Waals surface area contributed by atoms with E-state index in [0.717, 1.165) is 6.42 Å². The molecule has 1 heterocycles. The second kappa shape index (κ2) is 6.09. The third-order valence-electron chi connectivity index (χ3n) is 6.59. The fourth-order valence-corrected chi connectivity index (χ4v) is 5.07. The molecule has 1 nitrogen and oxygen atoms in total. The standard InChI is InChI=1S/C29H25N/c1-29(2,3)20-13-15-26-25(18-20)28-24-17-19-9-7-8-12-22(19)23(24)14-16-27(28)30(26)21-10-5-4-6-11-21/h4-16,18H,17H2,1-3H3. The lowest BCUT2D eigenvalue weighted by Crippen LogP contribution is -2.10. The van der Waals surface area contributed by atoms with Gasteiger partial charge in [0, 0.05) is 16.5 Å². The lowest BCUT2D eigenvalue weighted by molar-refractivity contribution is 0.591. The summed E-state index contributed by atoms with van der Waals surface area (Å²) in [6.45, 7) is 6.89. The van der Waals surface area contributed by atoms with Crippen LogP contribution in [0.15, 0.2) is 84.9 Å². The van der Waals surface area contributed by atoms with Crippen LogP contribution in [0.25, 0.3) is 38.6 Å². The lowest BCUT2D eigenvalue weighted by Gasteiger charge is -2.19. The fourth-order valence-electron chi connectivity index (χ4n) is 5.07. The summed E-state index contributed by atoms with van der Waals surface area (Å²) in [6.07, 6.45) is 1.01. The Balaban J connectivity index is 1.76. The van der Waals surface area contributed by atoms with E-state index in [-0.39, 0.29) is 5.41 Å². The SMILES string of the molecule is CC(C)(C)c1ccc2c(c1)c1c3c(ccc1n2-c1ccccc1)-c1ccccc1C3. The van der Waals surface area contributed by atoms with Crippen LogP contribution in [0.2, 0.25) is 0 Å². The zero-order valence-corrected chi connectivity index (χ0v) is 17.7. The summed E-state index contributed by atoms with van der Waals surface area (Å²) < 4.78 is 2.43. The zero-order chi connectivity index (χ0) is 20.5. The molecule has 146 valence electrons. The summed E-state index contributed by atoms with van der Waals surface area (Å²) >= 11 is 0. The van der Waals surface area contributed by atoms with Crippen molar-refractivity contribution in [3.05, 3.63) is 102 Å². The molecule has 5 aromatic rings. The van der Waals surface area contributed by atoms with Crippen LogP contribution < -0.4 is 0 Å². The molecule has 0 radical (unpaired) electrons. The highest BCUT2D eigenvalue weighted by molar-refractivity contribution is 6.13. The Kier molecular flexibility index (Phi) is 3.56. The lowest BCUT2D eigenvalue weighted by atomic mass is 9.86. The molecule has 1 aromatic heterocycles. The summed E-state index contributed by atoms with van der Waals surface area (Å²) in [5, 5.41) is 2.78. The molecule has 0 spiro atoms. The fraction of sp³-hybridized carbons (Fsp3) is 0.172. The Morgan fingerprint density at radius 1 is 0.700 bits per heavy atom. The van der Waals surface area contributed by atoms with E-state index in [1.54, 1.807) is 0 Å². The van der Waals surface area contributed by atoms with E-state index in [2.05, 4.69) is 110 Å². The number of para-hydroxylation sites is 1. The maximum atomic E-state index is 2.43. The third kappa shape index (κ3) is 2.42. The predicted molar refractivity (Wildman–Crippen MR) is 128 cm³/mol. The molecule has 0 amide bonds. The van der Waals surface area contributed by atoms with Crippen LogP contribution >= 0.6 is 0 Å². The van der Waals surface area contributed by atoms with Crippen molar-refractivity contribution in [3.63, 3.8) is 0 Å². The molecule has 1 aliphatic carbocycles. The van der Waals surface area contributed by atoms with Crippen molar-refractivity contribution in [3.8, 4) is 16.8 Å². The number of fused-ring (bicyclic) bond motifs is 7. The van der Waals surface area contributed by atoms with Crippen LogP contribution in [0.5, 0.6) is 0 Å². The monoisotopic (exact) mass is 387 g/mol. The van der Waals surface area contributed by atoms with Crippen LogP contribution in [0.3, 0.4) is 0 Å². The van der Waals surface area contributed by atoms with Gasteiger partial charge in [0.25, 0.3) is 0 Å². The van der Waals surface area contributed by atoms with Gasteiger partial charge in [0.2, 0.25) is 0 Å². The van der Waals surface area contributed by atoms with E-state index >= 15 is 0 Å². The van der Waals surface area contributed by atoms with Crippen LogP contribution in [0.1, 0.15) is 37.5 Å². The minimum atomic E-state index is 0.121. The van der Waals surface area contributed by atoms with Gasteiger partial charge < -0.3 is 4.57 Å². The van der Waals surface area contributed by atoms with E-state index in [1.807, 2.05) is 0 Å². The van der Waals surface area contributed by atoms with Gasteiger partial charge in [-0.15, -0.1) is 0 Å². The van der Waals surface area contributed by atoms with Gasteiger partial charge in [-0.3, -0.25) is 0 Å². The molecule has 0 saturated carbocycles. The molecule has 4 aromatic carbocycles. The van der Waals surface area contributed by atoms with Crippen molar-refractivity contribution >= 4 is 21.8 Å². The Bertz CT molecular complexity index is 1430. The van der Waals surface area contributed by atoms with E-state index in [9.17, 15) is 0 Å². The van der Waals surface area contributed by atoms with Crippen molar-refractivity contribution in [2.45, 2.75) is 32.6 Å². The Hall–Kier alpha value is -3.32. The number of aromatic nitrogens is 1. The molecular weight excluding hydrogens is 362 g/mol. The number of nitrogens with zero attached hydrogens (tertiary/aromatic N) is 1. The average Bonchev–Trinajstić information content (AvgIpc) is 3.28. The molecule has 0 bridgehead atoms. The number of benzene rings is 4. The Morgan fingerprint density at radius 3 is 2.23 bits per heavy atom.